The molecule has 2 rings (SSSR count). The lowest BCUT2D eigenvalue weighted by Gasteiger charge is -2.33. The van der Waals surface area contributed by atoms with Crippen LogP contribution in [0.5, 0.6) is 0 Å². The SMILES string of the molecule is CN(Cc1ccccc1)C1CCCCCCC1O. The van der Waals surface area contributed by atoms with Crippen molar-refractivity contribution in [3.05, 3.63) is 35.9 Å². The van der Waals surface area contributed by atoms with Crippen LogP contribution in [0.3, 0.4) is 0 Å². The molecule has 1 aliphatic rings. The van der Waals surface area contributed by atoms with E-state index in [1.807, 2.05) is 6.07 Å². The Hall–Kier alpha value is -0.860. The zero-order chi connectivity index (χ0) is 12.8. The van der Waals surface area contributed by atoms with E-state index in [4.69, 9.17) is 0 Å². The van der Waals surface area contributed by atoms with Gasteiger partial charge in [-0.1, -0.05) is 56.0 Å². The summed E-state index contributed by atoms with van der Waals surface area (Å²) >= 11 is 0. The van der Waals surface area contributed by atoms with E-state index in [-0.39, 0.29) is 6.10 Å². The van der Waals surface area contributed by atoms with Crippen LogP contribution in [0.4, 0.5) is 0 Å². The fourth-order valence-electron chi connectivity index (χ4n) is 2.95. The average Bonchev–Trinajstić information content (AvgIpc) is 2.35. The third-order valence-electron chi connectivity index (χ3n) is 4.03. The standard InChI is InChI=1S/C16H25NO/c1-17(13-14-9-5-4-6-10-14)15-11-7-2-3-8-12-16(15)18/h4-6,9-10,15-16,18H,2-3,7-8,11-13H2,1H3. The van der Waals surface area contributed by atoms with Crippen LogP contribution in [-0.2, 0) is 6.54 Å². The Morgan fingerprint density at radius 1 is 1.06 bits per heavy atom. The van der Waals surface area contributed by atoms with Crippen molar-refractivity contribution in [1.82, 2.24) is 4.90 Å². The summed E-state index contributed by atoms with van der Waals surface area (Å²) in [4.78, 5) is 2.32. The summed E-state index contributed by atoms with van der Waals surface area (Å²) in [6, 6.07) is 10.9. The van der Waals surface area contributed by atoms with Crippen molar-refractivity contribution in [2.45, 2.75) is 57.2 Å². The molecule has 0 spiro atoms. The number of nitrogens with zero attached hydrogens (tertiary/aromatic N) is 1. The predicted octanol–water partition coefficient (Wildman–Crippen LogP) is 3.20. The van der Waals surface area contributed by atoms with Gasteiger partial charge in [-0.3, -0.25) is 4.90 Å². The van der Waals surface area contributed by atoms with Gasteiger partial charge in [0.2, 0.25) is 0 Å². The van der Waals surface area contributed by atoms with E-state index >= 15 is 0 Å². The van der Waals surface area contributed by atoms with E-state index in [9.17, 15) is 5.11 Å². The van der Waals surface area contributed by atoms with Crippen molar-refractivity contribution in [2.24, 2.45) is 0 Å². The predicted molar refractivity (Wildman–Crippen MR) is 75.4 cm³/mol. The maximum atomic E-state index is 10.3. The first kappa shape index (κ1) is 13.6. The van der Waals surface area contributed by atoms with Gasteiger partial charge < -0.3 is 5.11 Å². The molecule has 2 atom stereocenters. The molecule has 0 heterocycles. The highest BCUT2D eigenvalue weighted by Gasteiger charge is 2.24. The molecular formula is C16H25NO. The van der Waals surface area contributed by atoms with Crippen molar-refractivity contribution < 1.29 is 5.11 Å². The molecule has 1 saturated carbocycles. The Labute approximate surface area is 111 Å². The number of hydrogen-bond acceptors (Lipinski definition) is 2. The van der Waals surface area contributed by atoms with Gasteiger partial charge in [-0.15, -0.1) is 0 Å². The van der Waals surface area contributed by atoms with E-state index in [2.05, 4.69) is 36.2 Å². The molecule has 100 valence electrons. The van der Waals surface area contributed by atoms with Gasteiger partial charge in [0, 0.05) is 12.6 Å². The van der Waals surface area contributed by atoms with Gasteiger partial charge in [0.05, 0.1) is 6.10 Å². The number of aliphatic hydroxyl groups excluding tert-OH is 1. The summed E-state index contributed by atoms with van der Waals surface area (Å²) in [5.74, 6) is 0. The lowest BCUT2D eigenvalue weighted by atomic mass is 9.93. The number of rotatable bonds is 3. The maximum Gasteiger partial charge on any atom is 0.0695 e. The molecule has 1 N–H and O–H groups in total. The molecule has 1 aromatic carbocycles. The Balaban J connectivity index is 1.95. The van der Waals surface area contributed by atoms with Crippen molar-refractivity contribution in [3.63, 3.8) is 0 Å². The van der Waals surface area contributed by atoms with Crippen LogP contribution in [-0.4, -0.2) is 29.2 Å². The highest BCUT2D eigenvalue weighted by atomic mass is 16.3. The summed E-state index contributed by atoms with van der Waals surface area (Å²) in [6.45, 7) is 0.933. The van der Waals surface area contributed by atoms with Crippen LogP contribution in [0.15, 0.2) is 30.3 Å². The number of benzene rings is 1. The second-order valence-corrected chi connectivity index (χ2v) is 5.53. The van der Waals surface area contributed by atoms with Crippen LogP contribution < -0.4 is 0 Å². The monoisotopic (exact) mass is 247 g/mol. The van der Waals surface area contributed by atoms with Crippen molar-refractivity contribution in [2.75, 3.05) is 7.05 Å². The second kappa shape index (κ2) is 6.91. The summed E-state index contributed by atoms with van der Waals surface area (Å²) in [7, 11) is 2.14. The van der Waals surface area contributed by atoms with Gasteiger partial charge in [0.1, 0.15) is 0 Å². The molecular weight excluding hydrogens is 222 g/mol. The molecule has 1 fully saturated rings. The molecule has 2 heteroatoms. The van der Waals surface area contributed by atoms with Gasteiger partial charge in [-0.2, -0.15) is 0 Å². The number of aliphatic hydroxyl groups is 1. The zero-order valence-corrected chi connectivity index (χ0v) is 11.4. The topological polar surface area (TPSA) is 23.5 Å². The van der Waals surface area contributed by atoms with Crippen LogP contribution in [0, 0.1) is 0 Å². The lowest BCUT2D eigenvalue weighted by molar-refractivity contribution is 0.0407. The number of hydrogen-bond donors (Lipinski definition) is 1. The molecule has 0 aliphatic heterocycles. The van der Waals surface area contributed by atoms with E-state index < -0.39 is 0 Å². The number of likely N-dealkylation sites (N-methyl/N-ethyl adjacent to an activating group) is 1. The first-order valence-corrected chi connectivity index (χ1v) is 7.19. The Kier molecular flexibility index (Phi) is 5.21. The highest BCUT2D eigenvalue weighted by molar-refractivity contribution is 5.14. The van der Waals surface area contributed by atoms with E-state index in [1.54, 1.807) is 0 Å². The summed E-state index contributed by atoms with van der Waals surface area (Å²) in [5, 5.41) is 10.3. The minimum atomic E-state index is -0.154. The molecule has 1 aromatic rings. The van der Waals surface area contributed by atoms with Crippen LogP contribution >= 0.6 is 0 Å². The van der Waals surface area contributed by atoms with E-state index in [1.165, 1.54) is 31.2 Å². The summed E-state index contributed by atoms with van der Waals surface area (Å²) < 4.78 is 0. The highest BCUT2D eigenvalue weighted by Crippen LogP contribution is 2.22. The molecule has 18 heavy (non-hydrogen) atoms. The molecule has 0 bridgehead atoms. The normalized spacial score (nSPS) is 25.7. The second-order valence-electron chi connectivity index (χ2n) is 5.53. The fraction of sp³-hybridized carbons (Fsp3) is 0.625. The van der Waals surface area contributed by atoms with Crippen molar-refractivity contribution >= 4 is 0 Å². The minimum absolute atomic E-state index is 0.154. The Morgan fingerprint density at radius 2 is 1.72 bits per heavy atom. The third-order valence-corrected chi connectivity index (χ3v) is 4.03. The lowest BCUT2D eigenvalue weighted by Crippen LogP contribution is -2.41. The van der Waals surface area contributed by atoms with Gasteiger partial charge in [0.25, 0.3) is 0 Å². The molecule has 2 unspecified atom stereocenters. The van der Waals surface area contributed by atoms with E-state index in [0.29, 0.717) is 6.04 Å². The first-order valence-electron chi connectivity index (χ1n) is 7.19. The van der Waals surface area contributed by atoms with Crippen LogP contribution in [0.1, 0.15) is 44.1 Å². The Bertz CT molecular complexity index is 338. The molecule has 1 aliphatic carbocycles. The zero-order valence-electron chi connectivity index (χ0n) is 11.4. The summed E-state index contributed by atoms with van der Waals surface area (Å²) in [5.41, 5.74) is 1.33. The largest absolute Gasteiger partial charge is 0.391 e. The third kappa shape index (κ3) is 3.82. The molecule has 0 aromatic heterocycles. The maximum absolute atomic E-state index is 10.3. The smallest absolute Gasteiger partial charge is 0.0695 e. The van der Waals surface area contributed by atoms with Crippen molar-refractivity contribution in [1.29, 1.82) is 0 Å². The van der Waals surface area contributed by atoms with Gasteiger partial charge >= 0.3 is 0 Å². The quantitative estimate of drug-likeness (QED) is 0.886. The fourth-order valence-corrected chi connectivity index (χ4v) is 2.95. The molecule has 2 nitrogen and oxygen atoms in total. The van der Waals surface area contributed by atoms with Crippen molar-refractivity contribution in [3.8, 4) is 0 Å². The van der Waals surface area contributed by atoms with E-state index in [0.717, 1.165) is 19.4 Å². The van der Waals surface area contributed by atoms with Gasteiger partial charge in [0.15, 0.2) is 0 Å². The molecule has 0 amide bonds. The molecule has 0 saturated heterocycles. The van der Waals surface area contributed by atoms with Crippen LogP contribution in [0.2, 0.25) is 0 Å². The van der Waals surface area contributed by atoms with Crippen LogP contribution in [0.25, 0.3) is 0 Å². The minimum Gasteiger partial charge on any atom is -0.391 e. The summed E-state index contributed by atoms with van der Waals surface area (Å²) in [6.07, 6.45) is 6.97. The van der Waals surface area contributed by atoms with Gasteiger partial charge in [-0.05, 0) is 25.5 Å². The Morgan fingerprint density at radius 3 is 2.44 bits per heavy atom. The first-order chi connectivity index (χ1) is 8.77. The average molecular weight is 247 g/mol. The molecule has 0 radical (unpaired) electrons. The van der Waals surface area contributed by atoms with Gasteiger partial charge in [-0.25, -0.2) is 0 Å².